The predicted molar refractivity (Wildman–Crippen MR) is 70.6 cm³/mol. The lowest BCUT2D eigenvalue weighted by Gasteiger charge is -2.52. The minimum atomic E-state index is -0.805. The molecule has 1 saturated heterocycles. The van der Waals surface area contributed by atoms with E-state index in [0.29, 0.717) is 6.61 Å². The van der Waals surface area contributed by atoms with Gasteiger partial charge in [-0.1, -0.05) is 12.2 Å². The third-order valence-electron chi connectivity index (χ3n) is 3.01. The Bertz CT molecular complexity index is 280. The summed E-state index contributed by atoms with van der Waals surface area (Å²) in [5.74, 6) is 0. The molecule has 0 atom stereocenters. The van der Waals surface area contributed by atoms with E-state index in [1.807, 2.05) is 5.06 Å². The highest BCUT2D eigenvalue weighted by atomic mass is 16.7. The van der Waals surface area contributed by atoms with Crippen LogP contribution in [0.5, 0.6) is 0 Å². The van der Waals surface area contributed by atoms with Crippen molar-refractivity contribution in [3.05, 3.63) is 12.2 Å². The molecule has 3 heteroatoms. The topological polar surface area (TPSA) is 32.7 Å². The normalized spacial score (nSPS) is 25.0. The summed E-state index contributed by atoms with van der Waals surface area (Å²) < 4.78 is 0. The van der Waals surface area contributed by atoms with Gasteiger partial charge in [-0.25, -0.2) is 0 Å². The highest BCUT2D eigenvalue weighted by Gasteiger charge is 2.44. The summed E-state index contributed by atoms with van der Waals surface area (Å²) in [4.78, 5) is 5.87. The first-order valence-corrected chi connectivity index (χ1v) is 6.26. The Hall–Kier alpha value is -0.380. The van der Waals surface area contributed by atoms with E-state index in [-0.39, 0.29) is 11.1 Å². The zero-order chi connectivity index (χ0) is 13.5. The molecule has 3 nitrogen and oxygen atoms in total. The molecule has 0 aromatic heterocycles. The monoisotopic (exact) mass is 241 g/mol. The van der Waals surface area contributed by atoms with Gasteiger partial charge in [0.05, 0.1) is 12.2 Å². The first kappa shape index (κ1) is 14.7. The largest absolute Gasteiger partial charge is 0.388 e. The van der Waals surface area contributed by atoms with Crippen LogP contribution >= 0.6 is 0 Å². The van der Waals surface area contributed by atoms with Crippen molar-refractivity contribution in [1.82, 2.24) is 5.06 Å². The molecule has 0 aromatic rings. The van der Waals surface area contributed by atoms with Crippen molar-refractivity contribution in [3.8, 4) is 0 Å². The standard InChI is InChI=1S/C14H27NO2/c1-11-8-12(2,3)15(13(4,5)9-11)17-10-14(6,7)16/h16H,1,8-10H2,2-7H3. The molecule has 1 N–H and O–H groups in total. The van der Waals surface area contributed by atoms with Crippen LogP contribution in [-0.4, -0.2) is 33.5 Å². The van der Waals surface area contributed by atoms with Gasteiger partial charge in [0.25, 0.3) is 0 Å². The van der Waals surface area contributed by atoms with E-state index >= 15 is 0 Å². The highest BCUT2D eigenvalue weighted by molar-refractivity contribution is 5.12. The van der Waals surface area contributed by atoms with Crippen LogP contribution in [0.2, 0.25) is 0 Å². The molecule has 1 rings (SSSR count). The second-order valence-corrected chi connectivity index (χ2v) is 7.11. The maximum atomic E-state index is 9.77. The second-order valence-electron chi connectivity index (χ2n) is 7.11. The molecule has 1 fully saturated rings. The average Bonchev–Trinajstić information content (AvgIpc) is 1.94. The summed E-state index contributed by atoms with van der Waals surface area (Å²) >= 11 is 0. The van der Waals surface area contributed by atoms with E-state index in [2.05, 4.69) is 34.3 Å². The van der Waals surface area contributed by atoms with Gasteiger partial charge in [0.15, 0.2) is 0 Å². The number of nitrogens with zero attached hydrogens (tertiary/aromatic N) is 1. The van der Waals surface area contributed by atoms with Gasteiger partial charge >= 0.3 is 0 Å². The summed E-state index contributed by atoms with van der Waals surface area (Å²) in [6, 6.07) is 0. The van der Waals surface area contributed by atoms with E-state index in [1.165, 1.54) is 5.57 Å². The third-order valence-corrected chi connectivity index (χ3v) is 3.01. The van der Waals surface area contributed by atoms with Gasteiger partial charge in [0, 0.05) is 11.1 Å². The molecule has 1 heterocycles. The smallest absolute Gasteiger partial charge is 0.0967 e. The molecule has 0 spiro atoms. The third kappa shape index (κ3) is 3.80. The number of hydrogen-bond donors (Lipinski definition) is 1. The van der Waals surface area contributed by atoms with Gasteiger partial charge in [-0.05, 0) is 54.4 Å². The van der Waals surface area contributed by atoms with Crippen LogP contribution in [0, 0.1) is 0 Å². The van der Waals surface area contributed by atoms with Crippen molar-refractivity contribution >= 4 is 0 Å². The Morgan fingerprint density at radius 2 is 1.65 bits per heavy atom. The molecular weight excluding hydrogens is 214 g/mol. The Labute approximate surface area is 105 Å². The second kappa shape index (κ2) is 4.38. The van der Waals surface area contributed by atoms with Crippen LogP contribution in [-0.2, 0) is 4.84 Å². The van der Waals surface area contributed by atoms with Crippen molar-refractivity contribution in [3.63, 3.8) is 0 Å². The molecule has 0 saturated carbocycles. The summed E-state index contributed by atoms with van der Waals surface area (Å²) in [5.41, 5.74) is 0.303. The lowest BCUT2D eigenvalue weighted by atomic mass is 9.79. The van der Waals surface area contributed by atoms with Crippen LogP contribution < -0.4 is 0 Å². The van der Waals surface area contributed by atoms with Gasteiger partial charge in [-0.3, -0.25) is 4.84 Å². The van der Waals surface area contributed by atoms with Crippen LogP contribution in [0.25, 0.3) is 0 Å². The van der Waals surface area contributed by atoms with Crippen molar-refractivity contribution in [2.45, 2.75) is 71.1 Å². The fourth-order valence-electron chi connectivity index (χ4n) is 2.82. The first-order chi connectivity index (χ1) is 7.44. The Balaban J connectivity index is 2.82. The lowest BCUT2D eigenvalue weighted by Crippen LogP contribution is -2.59. The minimum Gasteiger partial charge on any atom is -0.388 e. The quantitative estimate of drug-likeness (QED) is 0.771. The molecule has 17 heavy (non-hydrogen) atoms. The molecule has 1 aliphatic heterocycles. The molecule has 100 valence electrons. The van der Waals surface area contributed by atoms with Crippen LogP contribution in [0.3, 0.4) is 0 Å². The van der Waals surface area contributed by atoms with Gasteiger partial charge < -0.3 is 5.11 Å². The fourth-order valence-corrected chi connectivity index (χ4v) is 2.82. The predicted octanol–water partition coefficient (Wildman–Crippen LogP) is 2.90. The van der Waals surface area contributed by atoms with Crippen molar-refractivity contribution in [2.24, 2.45) is 0 Å². The Kier molecular flexibility index (Phi) is 3.78. The maximum absolute atomic E-state index is 9.77. The summed E-state index contributed by atoms with van der Waals surface area (Å²) in [7, 11) is 0. The van der Waals surface area contributed by atoms with Crippen LogP contribution in [0.15, 0.2) is 12.2 Å². The van der Waals surface area contributed by atoms with Crippen molar-refractivity contribution in [2.75, 3.05) is 6.61 Å². The van der Waals surface area contributed by atoms with Gasteiger partial charge in [-0.2, -0.15) is 5.06 Å². The fraction of sp³-hybridized carbons (Fsp3) is 0.857. The molecule has 0 amide bonds. The van der Waals surface area contributed by atoms with Crippen molar-refractivity contribution < 1.29 is 9.94 Å². The molecule has 0 aromatic carbocycles. The first-order valence-electron chi connectivity index (χ1n) is 6.26. The van der Waals surface area contributed by atoms with E-state index in [9.17, 15) is 5.11 Å². The lowest BCUT2D eigenvalue weighted by molar-refractivity contribution is -0.290. The summed E-state index contributed by atoms with van der Waals surface area (Å²) in [6.45, 7) is 16.6. The van der Waals surface area contributed by atoms with E-state index < -0.39 is 5.60 Å². The molecular formula is C14H27NO2. The average molecular weight is 241 g/mol. The SMILES string of the molecule is C=C1CC(C)(C)N(OCC(C)(C)O)C(C)(C)C1. The van der Waals surface area contributed by atoms with Gasteiger partial charge in [0.1, 0.15) is 0 Å². The Morgan fingerprint density at radius 3 is 2.00 bits per heavy atom. The van der Waals surface area contributed by atoms with E-state index in [1.54, 1.807) is 13.8 Å². The number of rotatable bonds is 3. The number of aliphatic hydroxyl groups is 1. The number of hydroxylamine groups is 2. The minimum absolute atomic E-state index is 0.0793. The summed E-state index contributed by atoms with van der Waals surface area (Å²) in [6.07, 6.45) is 1.87. The maximum Gasteiger partial charge on any atom is 0.0967 e. The zero-order valence-corrected chi connectivity index (χ0v) is 12.1. The molecule has 0 bridgehead atoms. The van der Waals surface area contributed by atoms with E-state index in [0.717, 1.165) is 12.8 Å². The number of piperidine rings is 1. The van der Waals surface area contributed by atoms with Crippen LogP contribution in [0.4, 0.5) is 0 Å². The van der Waals surface area contributed by atoms with E-state index in [4.69, 9.17) is 4.84 Å². The van der Waals surface area contributed by atoms with Crippen molar-refractivity contribution in [1.29, 1.82) is 0 Å². The molecule has 0 unspecified atom stereocenters. The highest BCUT2D eigenvalue weighted by Crippen LogP contribution is 2.40. The van der Waals surface area contributed by atoms with Gasteiger partial charge in [0.2, 0.25) is 0 Å². The summed E-state index contributed by atoms with van der Waals surface area (Å²) in [5, 5.41) is 11.8. The van der Waals surface area contributed by atoms with Gasteiger partial charge in [-0.15, -0.1) is 0 Å². The van der Waals surface area contributed by atoms with Crippen LogP contribution in [0.1, 0.15) is 54.4 Å². The zero-order valence-electron chi connectivity index (χ0n) is 12.1. The molecule has 0 radical (unpaired) electrons. The number of hydrogen-bond acceptors (Lipinski definition) is 3. The Morgan fingerprint density at radius 1 is 1.24 bits per heavy atom. The molecule has 0 aliphatic carbocycles. The molecule has 1 aliphatic rings.